The topological polar surface area (TPSA) is 64.1 Å². The van der Waals surface area contributed by atoms with Crippen LogP contribution in [0.15, 0.2) is 17.6 Å². The van der Waals surface area contributed by atoms with E-state index in [1.165, 1.54) is 23.6 Å². The van der Waals surface area contributed by atoms with Crippen LogP contribution in [0, 0.1) is 0 Å². The van der Waals surface area contributed by atoms with Gasteiger partial charge in [-0.25, -0.2) is 9.97 Å². The lowest BCUT2D eigenvalue weighted by Crippen LogP contribution is -2.13. The first-order chi connectivity index (χ1) is 9.10. The second-order valence-corrected chi connectivity index (χ2v) is 5.25. The Morgan fingerprint density at radius 3 is 2.95 bits per heavy atom. The van der Waals surface area contributed by atoms with Crippen LogP contribution in [0.2, 0.25) is 10.0 Å². The third kappa shape index (κ3) is 3.63. The highest BCUT2D eigenvalue weighted by molar-refractivity contribution is 7.09. The van der Waals surface area contributed by atoms with E-state index < -0.39 is 0 Å². The van der Waals surface area contributed by atoms with Crippen LogP contribution in [0.25, 0.3) is 0 Å². The molecule has 2 heterocycles. The van der Waals surface area contributed by atoms with Crippen molar-refractivity contribution in [2.45, 2.75) is 6.61 Å². The number of anilines is 1. The van der Waals surface area contributed by atoms with Crippen LogP contribution in [0.4, 0.5) is 5.82 Å². The Balaban J connectivity index is 2.09. The monoisotopic (exact) mass is 317 g/mol. The average Bonchev–Trinajstić information content (AvgIpc) is 2.83. The predicted octanol–water partition coefficient (Wildman–Crippen LogP) is 3.24. The standard InChI is InChI=1S/C11H9Cl2N3O2S/c1-18-4-10-15-8(5-19-10)11(17)16-9-2-6(12)7(13)3-14-9/h2-3,5H,4H2,1H3,(H,14,16,17). The fraction of sp³-hybridized carbons (Fsp3) is 0.182. The highest BCUT2D eigenvalue weighted by Crippen LogP contribution is 2.23. The Labute approximate surface area is 123 Å². The molecule has 0 bridgehead atoms. The minimum Gasteiger partial charge on any atom is -0.378 e. The molecule has 0 radical (unpaired) electrons. The highest BCUT2D eigenvalue weighted by atomic mass is 35.5. The maximum Gasteiger partial charge on any atom is 0.276 e. The summed E-state index contributed by atoms with van der Waals surface area (Å²) in [7, 11) is 1.57. The Hall–Kier alpha value is -1.21. The summed E-state index contributed by atoms with van der Waals surface area (Å²) in [6.07, 6.45) is 1.37. The fourth-order valence-electron chi connectivity index (χ4n) is 1.27. The van der Waals surface area contributed by atoms with Gasteiger partial charge in [-0.3, -0.25) is 4.79 Å². The van der Waals surface area contributed by atoms with E-state index in [9.17, 15) is 4.79 Å². The Bertz CT molecular complexity index is 603. The van der Waals surface area contributed by atoms with Crippen LogP contribution in [0.3, 0.4) is 0 Å². The number of rotatable bonds is 4. The first-order valence-electron chi connectivity index (χ1n) is 5.16. The van der Waals surface area contributed by atoms with Crippen molar-refractivity contribution in [2.75, 3.05) is 12.4 Å². The molecule has 1 N–H and O–H groups in total. The van der Waals surface area contributed by atoms with Crippen LogP contribution in [-0.2, 0) is 11.3 Å². The van der Waals surface area contributed by atoms with E-state index in [0.29, 0.717) is 28.2 Å². The number of carbonyl (C=O) groups is 1. The molecular formula is C11H9Cl2N3O2S. The summed E-state index contributed by atoms with van der Waals surface area (Å²) in [5.74, 6) is -0.0369. The molecule has 0 saturated heterocycles. The first-order valence-corrected chi connectivity index (χ1v) is 6.79. The van der Waals surface area contributed by atoms with Gasteiger partial charge >= 0.3 is 0 Å². The number of thiazole rings is 1. The lowest BCUT2D eigenvalue weighted by atomic mass is 10.4. The number of methoxy groups -OCH3 is 1. The summed E-state index contributed by atoms with van der Waals surface area (Å²) in [4.78, 5) is 20.0. The maximum absolute atomic E-state index is 11.9. The van der Waals surface area contributed by atoms with Crippen molar-refractivity contribution in [3.63, 3.8) is 0 Å². The summed E-state index contributed by atoms with van der Waals surface area (Å²) in [5, 5.41) is 5.63. The smallest absolute Gasteiger partial charge is 0.276 e. The quantitative estimate of drug-likeness (QED) is 0.940. The van der Waals surface area contributed by atoms with E-state index in [1.807, 2.05) is 0 Å². The van der Waals surface area contributed by atoms with Gasteiger partial charge in [-0.1, -0.05) is 23.2 Å². The number of halogens is 2. The van der Waals surface area contributed by atoms with E-state index in [0.717, 1.165) is 5.01 Å². The van der Waals surface area contributed by atoms with Crippen molar-refractivity contribution in [1.29, 1.82) is 0 Å². The minimum atomic E-state index is -0.357. The van der Waals surface area contributed by atoms with Crippen molar-refractivity contribution in [3.8, 4) is 0 Å². The van der Waals surface area contributed by atoms with Gasteiger partial charge in [-0.05, 0) is 0 Å². The number of nitrogens with one attached hydrogen (secondary N) is 1. The first kappa shape index (κ1) is 14.2. The second kappa shape index (κ2) is 6.29. The van der Waals surface area contributed by atoms with Crippen LogP contribution in [0.1, 0.15) is 15.5 Å². The molecule has 0 aromatic carbocycles. The second-order valence-electron chi connectivity index (χ2n) is 3.50. The molecule has 19 heavy (non-hydrogen) atoms. The molecule has 0 fully saturated rings. The van der Waals surface area contributed by atoms with Gasteiger partial charge in [0.25, 0.3) is 5.91 Å². The van der Waals surface area contributed by atoms with Gasteiger partial charge in [0.2, 0.25) is 0 Å². The van der Waals surface area contributed by atoms with E-state index >= 15 is 0 Å². The SMILES string of the molecule is COCc1nc(C(=O)Nc2cc(Cl)c(Cl)cn2)cs1. The number of amides is 1. The lowest BCUT2D eigenvalue weighted by Gasteiger charge is -2.03. The third-order valence-corrected chi connectivity index (χ3v) is 3.64. The van der Waals surface area contributed by atoms with Crippen LogP contribution < -0.4 is 5.32 Å². The number of aromatic nitrogens is 2. The van der Waals surface area contributed by atoms with Crippen molar-refractivity contribution in [2.24, 2.45) is 0 Å². The minimum absolute atomic E-state index is 0.310. The van der Waals surface area contributed by atoms with Crippen LogP contribution in [0.5, 0.6) is 0 Å². The summed E-state index contributed by atoms with van der Waals surface area (Å²) in [6, 6.07) is 1.48. The molecule has 5 nitrogen and oxygen atoms in total. The number of pyridine rings is 1. The van der Waals surface area contributed by atoms with Gasteiger partial charge in [0.1, 0.15) is 16.5 Å². The molecule has 0 aliphatic rings. The van der Waals surface area contributed by atoms with E-state index in [-0.39, 0.29) is 5.91 Å². The molecule has 2 rings (SSSR count). The molecule has 100 valence electrons. The van der Waals surface area contributed by atoms with E-state index in [2.05, 4.69) is 15.3 Å². The van der Waals surface area contributed by atoms with Crippen molar-refractivity contribution in [3.05, 3.63) is 38.4 Å². The number of nitrogens with zero attached hydrogens (tertiary/aromatic N) is 2. The lowest BCUT2D eigenvalue weighted by molar-refractivity contribution is 0.102. The molecule has 2 aromatic heterocycles. The zero-order chi connectivity index (χ0) is 13.8. The summed E-state index contributed by atoms with van der Waals surface area (Å²) >= 11 is 12.9. The molecule has 0 atom stereocenters. The van der Waals surface area contributed by atoms with Crippen LogP contribution >= 0.6 is 34.5 Å². The van der Waals surface area contributed by atoms with E-state index in [4.69, 9.17) is 27.9 Å². The molecule has 0 aliphatic heterocycles. The van der Waals surface area contributed by atoms with Crippen LogP contribution in [-0.4, -0.2) is 23.0 Å². The highest BCUT2D eigenvalue weighted by Gasteiger charge is 2.12. The van der Waals surface area contributed by atoms with Gasteiger partial charge in [0.15, 0.2) is 0 Å². The van der Waals surface area contributed by atoms with Crippen molar-refractivity contribution >= 4 is 46.3 Å². The Morgan fingerprint density at radius 1 is 1.47 bits per heavy atom. The number of hydrogen-bond donors (Lipinski definition) is 1. The zero-order valence-electron chi connectivity index (χ0n) is 9.81. The molecular weight excluding hydrogens is 309 g/mol. The normalized spacial score (nSPS) is 10.5. The summed E-state index contributed by atoms with van der Waals surface area (Å²) in [6.45, 7) is 0.378. The van der Waals surface area contributed by atoms with Crippen molar-refractivity contribution < 1.29 is 9.53 Å². The maximum atomic E-state index is 11.9. The third-order valence-electron chi connectivity index (χ3n) is 2.10. The summed E-state index contributed by atoms with van der Waals surface area (Å²) in [5.41, 5.74) is 0.310. The van der Waals surface area contributed by atoms with Crippen molar-refractivity contribution in [1.82, 2.24) is 9.97 Å². The number of ether oxygens (including phenoxy) is 1. The predicted molar refractivity (Wildman–Crippen MR) is 75.0 cm³/mol. The van der Waals surface area contributed by atoms with Gasteiger partial charge in [0.05, 0.1) is 16.7 Å². The molecule has 0 saturated carbocycles. The zero-order valence-corrected chi connectivity index (χ0v) is 12.1. The molecule has 0 spiro atoms. The van der Waals surface area contributed by atoms with E-state index in [1.54, 1.807) is 12.5 Å². The largest absolute Gasteiger partial charge is 0.378 e. The van der Waals surface area contributed by atoms with Gasteiger partial charge in [-0.2, -0.15) is 0 Å². The average molecular weight is 318 g/mol. The number of carbonyl (C=O) groups excluding carboxylic acids is 1. The molecule has 2 aromatic rings. The molecule has 1 amide bonds. The summed E-state index contributed by atoms with van der Waals surface area (Å²) < 4.78 is 4.94. The molecule has 0 aliphatic carbocycles. The Kier molecular flexibility index (Phi) is 4.71. The van der Waals surface area contributed by atoms with Gasteiger partial charge in [0, 0.05) is 24.8 Å². The number of hydrogen-bond acceptors (Lipinski definition) is 5. The fourth-order valence-corrected chi connectivity index (χ4v) is 2.27. The van der Waals surface area contributed by atoms with Gasteiger partial charge in [-0.15, -0.1) is 11.3 Å². The molecule has 0 unspecified atom stereocenters. The molecule has 8 heteroatoms. The van der Waals surface area contributed by atoms with Gasteiger partial charge < -0.3 is 10.1 Å². The Morgan fingerprint density at radius 2 is 2.26 bits per heavy atom.